The number of aliphatic hydroxyl groups is 3. The Kier molecular flexibility index (Phi) is 4.94. The van der Waals surface area contributed by atoms with Crippen LogP contribution in [0.25, 0.3) is 0 Å². The maximum atomic E-state index is 12.4. The van der Waals surface area contributed by atoms with Gasteiger partial charge in [-0.2, -0.15) is 0 Å². The molecule has 0 radical (unpaired) electrons. The lowest BCUT2D eigenvalue weighted by atomic mass is 10.2. The van der Waals surface area contributed by atoms with Crippen LogP contribution in [0.4, 0.5) is 0 Å². The van der Waals surface area contributed by atoms with E-state index < -0.39 is 30.2 Å². The van der Waals surface area contributed by atoms with Crippen molar-refractivity contribution in [2.75, 3.05) is 13.2 Å². The van der Waals surface area contributed by atoms with Gasteiger partial charge in [0.15, 0.2) is 0 Å². The second kappa shape index (κ2) is 6.52. The summed E-state index contributed by atoms with van der Waals surface area (Å²) in [6.45, 7) is 0.643. The van der Waals surface area contributed by atoms with E-state index in [0.717, 1.165) is 4.57 Å². The van der Waals surface area contributed by atoms with Gasteiger partial charge in [-0.05, 0) is 19.8 Å². The average molecular weight is 300 g/mol. The molecule has 2 rings (SSSR count). The van der Waals surface area contributed by atoms with Gasteiger partial charge in [-0.25, -0.2) is 4.79 Å². The first kappa shape index (κ1) is 15.9. The fraction of sp³-hybridized carbons (Fsp3) is 0.692. The van der Waals surface area contributed by atoms with Crippen LogP contribution in [0.1, 0.15) is 24.6 Å². The fourth-order valence-corrected chi connectivity index (χ4v) is 2.42. The van der Waals surface area contributed by atoms with Crippen molar-refractivity contribution in [1.82, 2.24) is 9.13 Å². The topological polar surface area (TPSA) is 114 Å². The van der Waals surface area contributed by atoms with Crippen molar-refractivity contribution in [2.45, 2.75) is 44.7 Å². The molecule has 2 heterocycles. The summed E-state index contributed by atoms with van der Waals surface area (Å²) in [4.78, 5) is 24.4. The maximum absolute atomic E-state index is 12.4. The third-order valence-corrected chi connectivity index (χ3v) is 3.57. The summed E-state index contributed by atoms with van der Waals surface area (Å²) in [5.41, 5.74) is -0.752. The van der Waals surface area contributed by atoms with Crippen molar-refractivity contribution in [3.63, 3.8) is 0 Å². The Morgan fingerprint density at radius 1 is 1.38 bits per heavy atom. The molecule has 1 aliphatic rings. The quantitative estimate of drug-likeness (QED) is 0.600. The molecule has 8 heteroatoms. The minimum Gasteiger partial charge on any atom is -0.394 e. The van der Waals surface area contributed by atoms with E-state index in [1.165, 1.54) is 10.8 Å². The number of ether oxygens (including phenoxy) is 1. The minimum atomic E-state index is -1.18. The molecule has 118 valence electrons. The Hall–Kier alpha value is -1.48. The third kappa shape index (κ3) is 3.24. The zero-order valence-corrected chi connectivity index (χ0v) is 11.8. The molecule has 1 aromatic rings. The van der Waals surface area contributed by atoms with Crippen molar-refractivity contribution in [2.24, 2.45) is 0 Å². The van der Waals surface area contributed by atoms with Crippen molar-refractivity contribution in [3.8, 4) is 0 Å². The summed E-state index contributed by atoms with van der Waals surface area (Å²) < 4.78 is 7.74. The van der Waals surface area contributed by atoms with E-state index in [1.54, 1.807) is 6.92 Å². The highest BCUT2D eigenvalue weighted by atomic mass is 16.5. The van der Waals surface area contributed by atoms with E-state index in [9.17, 15) is 14.7 Å². The molecule has 21 heavy (non-hydrogen) atoms. The normalized spacial score (nSPS) is 23.4. The van der Waals surface area contributed by atoms with Crippen LogP contribution in [0, 0.1) is 6.92 Å². The SMILES string of the molecule is Cc1cn(C2CCC(CO)O2)c(=O)n(CC(O)CO)c1=O. The van der Waals surface area contributed by atoms with Crippen LogP contribution in [-0.2, 0) is 11.3 Å². The van der Waals surface area contributed by atoms with Crippen LogP contribution < -0.4 is 11.2 Å². The monoisotopic (exact) mass is 300 g/mol. The van der Waals surface area contributed by atoms with Crippen molar-refractivity contribution >= 4 is 0 Å². The van der Waals surface area contributed by atoms with Gasteiger partial charge in [0, 0.05) is 11.8 Å². The van der Waals surface area contributed by atoms with Gasteiger partial charge in [-0.3, -0.25) is 13.9 Å². The molecule has 8 nitrogen and oxygen atoms in total. The Morgan fingerprint density at radius 3 is 2.67 bits per heavy atom. The highest BCUT2D eigenvalue weighted by molar-refractivity contribution is 5.04. The zero-order chi connectivity index (χ0) is 15.6. The largest absolute Gasteiger partial charge is 0.394 e. The van der Waals surface area contributed by atoms with Gasteiger partial charge in [-0.1, -0.05) is 0 Å². The highest BCUT2D eigenvalue weighted by Crippen LogP contribution is 2.26. The summed E-state index contributed by atoms with van der Waals surface area (Å²) in [5, 5.41) is 27.4. The van der Waals surface area contributed by atoms with Gasteiger partial charge < -0.3 is 20.1 Å². The van der Waals surface area contributed by atoms with E-state index >= 15 is 0 Å². The van der Waals surface area contributed by atoms with Crippen molar-refractivity contribution in [3.05, 3.63) is 32.6 Å². The van der Waals surface area contributed by atoms with Crippen LogP contribution in [0.15, 0.2) is 15.8 Å². The Morgan fingerprint density at radius 2 is 2.10 bits per heavy atom. The number of nitrogens with zero attached hydrogens (tertiary/aromatic N) is 2. The van der Waals surface area contributed by atoms with Crippen LogP contribution >= 0.6 is 0 Å². The molecule has 1 aliphatic heterocycles. The number of aromatic nitrogens is 2. The molecule has 1 saturated heterocycles. The van der Waals surface area contributed by atoms with Crippen LogP contribution in [0.5, 0.6) is 0 Å². The molecule has 0 spiro atoms. The molecule has 1 fully saturated rings. The molecule has 3 N–H and O–H groups in total. The van der Waals surface area contributed by atoms with E-state index in [-0.39, 0.29) is 19.3 Å². The Labute approximate surface area is 120 Å². The summed E-state index contributed by atoms with van der Waals surface area (Å²) in [6.07, 6.45) is 0.588. The number of rotatable bonds is 5. The van der Waals surface area contributed by atoms with Gasteiger partial charge in [0.05, 0.1) is 32.0 Å². The predicted molar refractivity (Wildman–Crippen MR) is 73.0 cm³/mol. The summed E-state index contributed by atoms with van der Waals surface area (Å²) in [5.74, 6) is 0. The van der Waals surface area contributed by atoms with Gasteiger partial charge >= 0.3 is 5.69 Å². The first-order valence-electron chi connectivity index (χ1n) is 6.85. The van der Waals surface area contributed by atoms with Gasteiger partial charge in [0.25, 0.3) is 5.56 Å². The molecular weight excluding hydrogens is 280 g/mol. The van der Waals surface area contributed by atoms with Crippen molar-refractivity contribution < 1.29 is 20.1 Å². The standard InChI is InChI=1S/C13H20N2O6/c1-8-4-14(11-3-2-10(7-17)21-11)13(20)15(12(8)19)5-9(18)6-16/h4,9-11,16-18H,2-3,5-7H2,1H3. The molecule has 3 atom stereocenters. The lowest BCUT2D eigenvalue weighted by Gasteiger charge is -2.18. The van der Waals surface area contributed by atoms with Gasteiger partial charge in [-0.15, -0.1) is 0 Å². The lowest BCUT2D eigenvalue weighted by molar-refractivity contribution is -0.0257. The van der Waals surface area contributed by atoms with Crippen molar-refractivity contribution in [1.29, 1.82) is 0 Å². The lowest BCUT2D eigenvalue weighted by Crippen LogP contribution is -2.44. The molecule has 0 aromatic carbocycles. The summed E-state index contributed by atoms with van der Waals surface area (Å²) in [6, 6.07) is 0. The average Bonchev–Trinajstić information content (AvgIpc) is 2.95. The second-order valence-corrected chi connectivity index (χ2v) is 5.23. The van der Waals surface area contributed by atoms with Crippen LogP contribution in [0.3, 0.4) is 0 Å². The number of hydrogen-bond acceptors (Lipinski definition) is 6. The minimum absolute atomic E-state index is 0.118. The summed E-state index contributed by atoms with van der Waals surface area (Å²) in [7, 11) is 0. The van der Waals surface area contributed by atoms with Crippen LogP contribution in [0.2, 0.25) is 0 Å². The molecule has 0 saturated carbocycles. The van der Waals surface area contributed by atoms with E-state index in [1.807, 2.05) is 0 Å². The molecule has 0 bridgehead atoms. The zero-order valence-electron chi connectivity index (χ0n) is 11.8. The number of aryl methyl sites for hydroxylation is 1. The molecule has 1 aromatic heterocycles. The predicted octanol–water partition coefficient (Wildman–Crippen LogP) is -1.66. The molecule has 3 unspecified atom stereocenters. The first-order valence-corrected chi connectivity index (χ1v) is 6.85. The van der Waals surface area contributed by atoms with Gasteiger partial charge in [0.1, 0.15) is 6.23 Å². The number of hydrogen-bond donors (Lipinski definition) is 3. The highest BCUT2D eigenvalue weighted by Gasteiger charge is 2.28. The first-order chi connectivity index (χ1) is 9.97. The smallest absolute Gasteiger partial charge is 0.333 e. The molecular formula is C13H20N2O6. The number of aliphatic hydroxyl groups excluding tert-OH is 3. The van der Waals surface area contributed by atoms with E-state index in [4.69, 9.17) is 14.9 Å². The maximum Gasteiger partial charge on any atom is 0.333 e. The molecule has 0 amide bonds. The Balaban J connectivity index is 2.40. The van der Waals surface area contributed by atoms with Gasteiger partial charge in [0.2, 0.25) is 0 Å². The third-order valence-electron chi connectivity index (χ3n) is 3.57. The van der Waals surface area contributed by atoms with E-state index in [2.05, 4.69) is 0 Å². The van der Waals surface area contributed by atoms with Crippen LogP contribution in [-0.4, -0.2) is 49.9 Å². The van der Waals surface area contributed by atoms with E-state index in [0.29, 0.717) is 18.4 Å². The summed E-state index contributed by atoms with van der Waals surface area (Å²) >= 11 is 0. The molecule has 0 aliphatic carbocycles. The fourth-order valence-electron chi connectivity index (χ4n) is 2.42. The Bertz CT molecular complexity index is 608. The second-order valence-electron chi connectivity index (χ2n) is 5.23.